The molecular formula is C28H34N4O2. The molecule has 1 fully saturated rings. The van der Waals surface area contributed by atoms with Crippen LogP contribution in [-0.2, 0) is 17.8 Å². The second kappa shape index (κ2) is 10.7. The molecule has 1 amide bonds. The molecule has 0 radical (unpaired) electrons. The van der Waals surface area contributed by atoms with Gasteiger partial charge in [0.2, 0.25) is 5.95 Å². The number of hydrogen-bond donors (Lipinski definition) is 0. The minimum atomic E-state index is -0.264. The highest BCUT2D eigenvalue weighted by molar-refractivity contribution is 5.68. The molecule has 1 aliphatic heterocycles. The van der Waals surface area contributed by atoms with Gasteiger partial charge in [0.25, 0.3) is 0 Å². The maximum Gasteiger partial charge on any atom is 0.410 e. The molecule has 1 aromatic heterocycles. The Morgan fingerprint density at radius 2 is 1.76 bits per heavy atom. The van der Waals surface area contributed by atoms with Crippen molar-refractivity contribution >= 4 is 12.0 Å². The van der Waals surface area contributed by atoms with Crippen LogP contribution in [0.1, 0.15) is 41.8 Å². The third kappa shape index (κ3) is 5.74. The van der Waals surface area contributed by atoms with E-state index >= 15 is 0 Å². The van der Waals surface area contributed by atoms with Gasteiger partial charge in [-0.15, -0.1) is 0 Å². The first-order valence-electron chi connectivity index (χ1n) is 12.0. The van der Waals surface area contributed by atoms with Crippen molar-refractivity contribution in [1.82, 2.24) is 14.9 Å². The standard InChI is InChI=1S/C28H34N4O2/c1-20(2)26-18-31(28(33)34-19-24-8-6-5-7-9-24)14-15-32(26)27-29-17-25(22(4)30-27)16-23-12-10-21(3)11-13-23/h5-13,17,20,26H,14-16,18-19H2,1-4H3/t26-/m0/s1. The lowest BCUT2D eigenvalue weighted by Gasteiger charge is -2.43. The van der Waals surface area contributed by atoms with Gasteiger partial charge < -0.3 is 14.5 Å². The Kier molecular flexibility index (Phi) is 7.46. The summed E-state index contributed by atoms with van der Waals surface area (Å²) in [7, 11) is 0. The molecule has 34 heavy (non-hydrogen) atoms. The lowest BCUT2D eigenvalue weighted by atomic mass is 10.00. The van der Waals surface area contributed by atoms with E-state index in [0.29, 0.717) is 25.6 Å². The Morgan fingerprint density at radius 3 is 2.44 bits per heavy atom. The molecule has 0 N–H and O–H groups in total. The van der Waals surface area contributed by atoms with E-state index < -0.39 is 0 Å². The zero-order chi connectivity index (χ0) is 24.1. The lowest BCUT2D eigenvalue weighted by molar-refractivity contribution is 0.0856. The van der Waals surface area contributed by atoms with E-state index in [2.05, 4.69) is 56.9 Å². The molecule has 6 heteroatoms. The van der Waals surface area contributed by atoms with Crippen molar-refractivity contribution in [3.05, 3.63) is 88.7 Å². The summed E-state index contributed by atoms with van der Waals surface area (Å²) in [6.45, 7) is 10.7. The first-order valence-corrected chi connectivity index (χ1v) is 12.0. The van der Waals surface area contributed by atoms with Gasteiger partial charge in [0, 0.05) is 37.9 Å². The predicted molar refractivity (Wildman–Crippen MR) is 135 cm³/mol. The van der Waals surface area contributed by atoms with E-state index in [1.165, 1.54) is 11.1 Å². The fraction of sp³-hybridized carbons (Fsp3) is 0.393. The van der Waals surface area contributed by atoms with E-state index in [1.807, 2.05) is 41.4 Å². The molecular weight excluding hydrogens is 424 g/mol. The van der Waals surface area contributed by atoms with Crippen molar-refractivity contribution in [3.8, 4) is 0 Å². The number of carbonyl (C=O) groups is 1. The maximum atomic E-state index is 12.7. The molecule has 1 atom stereocenters. The Hall–Kier alpha value is -3.41. The average Bonchev–Trinajstić information content (AvgIpc) is 2.85. The number of nitrogens with zero attached hydrogens (tertiary/aromatic N) is 4. The number of rotatable bonds is 6. The predicted octanol–water partition coefficient (Wildman–Crippen LogP) is 5.17. The number of piperazine rings is 1. The number of aryl methyl sites for hydroxylation is 2. The smallest absolute Gasteiger partial charge is 0.410 e. The van der Waals surface area contributed by atoms with Crippen molar-refractivity contribution in [1.29, 1.82) is 0 Å². The number of hydrogen-bond acceptors (Lipinski definition) is 5. The van der Waals surface area contributed by atoms with Gasteiger partial charge in [-0.2, -0.15) is 0 Å². The molecule has 1 saturated heterocycles. The van der Waals surface area contributed by atoms with E-state index in [-0.39, 0.29) is 18.7 Å². The zero-order valence-corrected chi connectivity index (χ0v) is 20.6. The van der Waals surface area contributed by atoms with Gasteiger partial charge in [-0.05, 0) is 36.5 Å². The van der Waals surface area contributed by atoms with Gasteiger partial charge in [0.1, 0.15) is 6.61 Å². The van der Waals surface area contributed by atoms with Crippen molar-refractivity contribution in [2.24, 2.45) is 5.92 Å². The van der Waals surface area contributed by atoms with Crippen LogP contribution in [0.25, 0.3) is 0 Å². The van der Waals surface area contributed by atoms with Crippen LogP contribution in [0.4, 0.5) is 10.7 Å². The van der Waals surface area contributed by atoms with E-state index in [0.717, 1.165) is 29.2 Å². The van der Waals surface area contributed by atoms with Crippen LogP contribution in [-0.4, -0.2) is 46.6 Å². The summed E-state index contributed by atoms with van der Waals surface area (Å²) in [5, 5.41) is 0. The van der Waals surface area contributed by atoms with Crippen LogP contribution in [0.3, 0.4) is 0 Å². The number of ether oxygens (including phenoxy) is 1. The van der Waals surface area contributed by atoms with Crippen LogP contribution >= 0.6 is 0 Å². The van der Waals surface area contributed by atoms with Crippen LogP contribution in [0.15, 0.2) is 60.8 Å². The maximum absolute atomic E-state index is 12.7. The van der Waals surface area contributed by atoms with Gasteiger partial charge in [0.15, 0.2) is 0 Å². The SMILES string of the molecule is Cc1ccc(Cc2cnc(N3CCN(C(=O)OCc4ccccc4)C[C@H]3C(C)C)nc2C)cc1. The van der Waals surface area contributed by atoms with Gasteiger partial charge in [-0.1, -0.05) is 74.0 Å². The summed E-state index contributed by atoms with van der Waals surface area (Å²) < 4.78 is 5.57. The number of anilines is 1. The zero-order valence-electron chi connectivity index (χ0n) is 20.6. The first kappa shape index (κ1) is 23.7. The molecule has 0 bridgehead atoms. The van der Waals surface area contributed by atoms with Crippen LogP contribution in [0.2, 0.25) is 0 Å². The Labute approximate surface area is 202 Å². The summed E-state index contributed by atoms with van der Waals surface area (Å²) in [5.41, 5.74) is 5.64. The Morgan fingerprint density at radius 1 is 1.03 bits per heavy atom. The molecule has 0 saturated carbocycles. The minimum absolute atomic E-state index is 0.125. The fourth-order valence-electron chi connectivity index (χ4n) is 4.32. The second-order valence-electron chi connectivity index (χ2n) is 9.43. The quantitative estimate of drug-likeness (QED) is 0.510. The van der Waals surface area contributed by atoms with E-state index in [9.17, 15) is 4.79 Å². The molecule has 2 aromatic carbocycles. The van der Waals surface area contributed by atoms with Crippen LogP contribution < -0.4 is 4.90 Å². The monoisotopic (exact) mass is 458 g/mol. The molecule has 178 valence electrons. The molecule has 0 spiro atoms. The van der Waals surface area contributed by atoms with Gasteiger partial charge in [-0.3, -0.25) is 0 Å². The Bertz CT molecular complexity index is 1100. The second-order valence-corrected chi connectivity index (χ2v) is 9.43. The molecule has 0 unspecified atom stereocenters. The van der Waals surface area contributed by atoms with Crippen molar-refractivity contribution in [2.75, 3.05) is 24.5 Å². The van der Waals surface area contributed by atoms with Crippen molar-refractivity contribution in [2.45, 2.75) is 46.8 Å². The largest absolute Gasteiger partial charge is 0.445 e. The van der Waals surface area contributed by atoms with Gasteiger partial charge >= 0.3 is 6.09 Å². The molecule has 3 aromatic rings. The summed E-state index contributed by atoms with van der Waals surface area (Å²) >= 11 is 0. The first-order chi connectivity index (χ1) is 16.4. The molecule has 1 aliphatic rings. The number of carbonyl (C=O) groups excluding carboxylic acids is 1. The third-order valence-electron chi connectivity index (χ3n) is 6.49. The fourth-order valence-corrected chi connectivity index (χ4v) is 4.32. The highest BCUT2D eigenvalue weighted by Crippen LogP contribution is 2.24. The summed E-state index contributed by atoms with van der Waals surface area (Å²) in [5.74, 6) is 1.07. The molecule has 4 rings (SSSR count). The van der Waals surface area contributed by atoms with Gasteiger partial charge in [-0.25, -0.2) is 14.8 Å². The van der Waals surface area contributed by atoms with Crippen molar-refractivity contribution in [3.63, 3.8) is 0 Å². The summed E-state index contributed by atoms with van der Waals surface area (Å²) in [6, 6.07) is 18.5. The van der Waals surface area contributed by atoms with Crippen molar-refractivity contribution < 1.29 is 9.53 Å². The van der Waals surface area contributed by atoms with Crippen LogP contribution in [0.5, 0.6) is 0 Å². The lowest BCUT2D eigenvalue weighted by Crippen LogP contribution is -2.57. The highest BCUT2D eigenvalue weighted by atomic mass is 16.6. The highest BCUT2D eigenvalue weighted by Gasteiger charge is 2.33. The Balaban J connectivity index is 1.42. The number of amides is 1. The van der Waals surface area contributed by atoms with Gasteiger partial charge in [0.05, 0.1) is 6.04 Å². The van der Waals surface area contributed by atoms with E-state index in [4.69, 9.17) is 14.7 Å². The van der Waals surface area contributed by atoms with Crippen LogP contribution in [0, 0.1) is 19.8 Å². The molecule has 0 aliphatic carbocycles. The topological polar surface area (TPSA) is 58.6 Å². The summed E-state index contributed by atoms with van der Waals surface area (Å²) in [4.78, 5) is 26.4. The average molecular weight is 459 g/mol. The number of aromatic nitrogens is 2. The minimum Gasteiger partial charge on any atom is -0.445 e. The third-order valence-corrected chi connectivity index (χ3v) is 6.49. The number of benzene rings is 2. The van der Waals surface area contributed by atoms with E-state index in [1.54, 1.807) is 0 Å². The molecule has 2 heterocycles. The molecule has 6 nitrogen and oxygen atoms in total. The summed E-state index contributed by atoms with van der Waals surface area (Å²) in [6.07, 6.45) is 2.51. The normalized spacial score (nSPS) is 16.1.